The molecule has 0 rings (SSSR count). The summed E-state index contributed by atoms with van der Waals surface area (Å²) in [7, 11) is 0. The van der Waals surface area contributed by atoms with E-state index in [1.54, 1.807) is 0 Å². The van der Waals surface area contributed by atoms with Gasteiger partial charge in [-0.25, -0.2) is 0 Å². The van der Waals surface area contributed by atoms with E-state index in [-0.39, 0.29) is 0 Å². The maximum atomic E-state index is 3.65. The topological polar surface area (TPSA) is 0 Å². The molecule has 0 atom stereocenters. The molecular formula is C4H7Pd. The summed E-state index contributed by atoms with van der Waals surface area (Å²) in [6, 6.07) is 0. The van der Waals surface area contributed by atoms with Crippen LogP contribution in [-0.2, 0) is 17.5 Å². The Hall–Kier alpha value is 0.272. The van der Waals surface area contributed by atoms with Crippen LogP contribution in [0.2, 0.25) is 4.89 Å². The Balaban J connectivity index is 2.65. The second kappa shape index (κ2) is 4.27. The van der Waals surface area contributed by atoms with Gasteiger partial charge in [-0.1, -0.05) is 0 Å². The van der Waals surface area contributed by atoms with Gasteiger partial charge in [0.25, 0.3) is 0 Å². The van der Waals surface area contributed by atoms with Crippen LogP contribution in [0.25, 0.3) is 0 Å². The van der Waals surface area contributed by atoms with E-state index in [1.165, 1.54) is 0 Å². The van der Waals surface area contributed by atoms with E-state index in [2.05, 4.69) is 11.6 Å². The Morgan fingerprint density at radius 2 is 2.40 bits per heavy atom. The third-order valence-electron chi connectivity index (χ3n) is 0.183. The molecule has 0 aliphatic heterocycles. The van der Waals surface area contributed by atoms with Crippen molar-refractivity contribution in [1.29, 1.82) is 0 Å². The summed E-state index contributed by atoms with van der Waals surface area (Å²) in [5.74, 6) is 0. The van der Waals surface area contributed by atoms with Gasteiger partial charge < -0.3 is 0 Å². The molecule has 0 saturated heterocycles. The Morgan fingerprint density at radius 3 is 2.40 bits per heavy atom. The molecule has 0 heterocycles. The predicted octanol–water partition coefficient (Wildman–Crippen LogP) is 1.11. The molecule has 0 aromatic carbocycles. The van der Waals surface area contributed by atoms with E-state index in [9.17, 15) is 0 Å². The number of rotatable bonds is 2. The van der Waals surface area contributed by atoms with Crippen molar-refractivity contribution in [2.24, 2.45) is 0 Å². The minimum absolute atomic E-state index is 0.641. The quantitative estimate of drug-likeness (QED) is 0.420. The van der Waals surface area contributed by atoms with Gasteiger partial charge in [0.05, 0.1) is 0 Å². The third kappa shape index (κ3) is 4.27. The van der Waals surface area contributed by atoms with E-state index >= 15 is 0 Å². The molecule has 0 aliphatic carbocycles. The van der Waals surface area contributed by atoms with Crippen molar-refractivity contribution in [3.05, 3.63) is 12.7 Å². The molecule has 0 amide bonds. The van der Waals surface area contributed by atoms with Gasteiger partial charge in [-0.3, -0.25) is 0 Å². The first-order valence-electron chi connectivity index (χ1n) is 1.26. The summed E-state index contributed by atoms with van der Waals surface area (Å²) in [5, 5.41) is 0. The van der Waals surface area contributed by atoms with Crippen LogP contribution in [0, 0.1) is 0 Å². The molecule has 0 unspecified atom stereocenters. The standard InChI is InChI=1S/C3H5.CH2.Pd/c1-3-2;;/h3H,1-2H2;1H2;. The van der Waals surface area contributed by atoms with Crippen LogP contribution < -0.4 is 0 Å². The van der Waals surface area contributed by atoms with Crippen LogP contribution in [0.5, 0.6) is 0 Å². The van der Waals surface area contributed by atoms with Gasteiger partial charge >= 0.3 is 40.1 Å². The van der Waals surface area contributed by atoms with Gasteiger partial charge in [0, 0.05) is 0 Å². The van der Waals surface area contributed by atoms with Crippen LogP contribution in [0.15, 0.2) is 12.7 Å². The number of hydrogen-bond acceptors (Lipinski definition) is 0. The van der Waals surface area contributed by atoms with Crippen molar-refractivity contribution in [3.8, 4) is 0 Å². The van der Waals surface area contributed by atoms with Gasteiger partial charge in [0.2, 0.25) is 0 Å². The molecule has 5 heavy (non-hydrogen) atoms. The monoisotopic (exact) mass is 161 g/mol. The van der Waals surface area contributed by atoms with Gasteiger partial charge in [-0.15, -0.1) is 0 Å². The molecule has 33 valence electrons. The van der Waals surface area contributed by atoms with Crippen molar-refractivity contribution in [3.63, 3.8) is 0 Å². The van der Waals surface area contributed by atoms with E-state index in [4.69, 9.17) is 0 Å². The van der Waals surface area contributed by atoms with Gasteiger partial charge in [-0.2, -0.15) is 0 Å². The SMILES string of the molecule is C=C[CH2][Pd]=[CH2]. The Labute approximate surface area is 40.6 Å². The third-order valence-corrected chi connectivity index (χ3v) is 1.08. The van der Waals surface area contributed by atoms with Crippen molar-refractivity contribution >= 4 is 4.99 Å². The second-order valence-electron chi connectivity index (χ2n) is 0.576. The predicted molar refractivity (Wildman–Crippen MR) is 22.1 cm³/mol. The number of hydrogen-bond donors (Lipinski definition) is 0. The first-order chi connectivity index (χ1) is 2.41. The van der Waals surface area contributed by atoms with Crippen LogP contribution in [-0.4, -0.2) is 4.99 Å². The van der Waals surface area contributed by atoms with E-state index in [0.29, 0.717) is 17.5 Å². The average molecular weight is 162 g/mol. The normalized spacial score (nSPS) is 8.00. The summed E-state index contributed by atoms with van der Waals surface area (Å²) < 4.78 is 0. The summed E-state index contributed by atoms with van der Waals surface area (Å²) in [6.07, 6.45) is 1.89. The first-order valence-corrected chi connectivity index (χ1v) is 3.46. The van der Waals surface area contributed by atoms with E-state index in [0.717, 1.165) is 4.89 Å². The molecule has 0 spiro atoms. The Morgan fingerprint density at radius 1 is 1.80 bits per heavy atom. The van der Waals surface area contributed by atoms with Crippen molar-refractivity contribution in [2.75, 3.05) is 0 Å². The first kappa shape index (κ1) is 5.27. The fourth-order valence-corrected chi connectivity index (χ4v) is 0.382. The molecule has 0 bridgehead atoms. The summed E-state index contributed by atoms with van der Waals surface area (Å²) in [6.45, 7) is 3.52. The zero-order valence-corrected chi connectivity index (χ0v) is 4.57. The molecule has 0 N–H and O–H groups in total. The molecule has 0 fully saturated rings. The summed E-state index contributed by atoms with van der Waals surface area (Å²) in [5.41, 5.74) is 0. The van der Waals surface area contributed by atoms with E-state index in [1.807, 2.05) is 6.08 Å². The fourth-order valence-electron chi connectivity index (χ4n) is 0.0645. The molecule has 0 saturated carbocycles. The second-order valence-corrected chi connectivity index (χ2v) is 1.99. The Kier molecular flexibility index (Phi) is 4.51. The van der Waals surface area contributed by atoms with Crippen molar-refractivity contribution in [2.45, 2.75) is 4.89 Å². The maximum absolute atomic E-state index is 3.65. The van der Waals surface area contributed by atoms with Gasteiger partial charge in [0.1, 0.15) is 0 Å². The van der Waals surface area contributed by atoms with Crippen LogP contribution in [0.1, 0.15) is 0 Å². The van der Waals surface area contributed by atoms with Crippen LogP contribution in [0.4, 0.5) is 0 Å². The zero-order chi connectivity index (χ0) is 4.12. The van der Waals surface area contributed by atoms with E-state index < -0.39 is 0 Å². The minimum atomic E-state index is 0.641. The summed E-state index contributed by atoms with van der Waals surface area (Å²) >= 11 is 0.641. The van der Waals surface area contributed by atoms with Crippen LogP contribution in [0.3, 0.4) is 0 Å². The van der Waals surface area contributed by atoms with Crippen molar-refractivity contribution in [1.82, 2.24) is 0 Å². The van der Waals surface area contributed by atoms with Gasteiger partial charge in [0.15, 0.2) is 0 Å². The molecular weight excluding hydrogens is 154 g/mol. The Bertz CT molecular complexity index is 32.9. The molecule has 0 radical (unpaired) electrons. The van der Waals surface area contributed by atoms with Crippen molar-refractivity contribution < 1.29 is 17.5 Å². The summed E-state index contributed by atoms with van der Waals surface area (Å²) in [4.78, 5) is 4.75. The van der Waals surface area contributed by atoms with Crippen LogP contribution >= 0.6 is 0 Å². The molecule has 0 aliphatic rings. The zero-order valence-electron chi connectivity index (χ0n) is 3.01. The molecule has 0 aromatic heterocycles. The van der Waals surface area contributed by atoms with Gasteiger partial charge in [-0.05, 0) is 0 Å². The average Bonchev–Trinajstić information content (AvgIpc) is 1.41. The molecule has 0 aromatic rings. The molecule has 0 nitrogen and oxygen atoms in total. The molecule has 1 heteroatoms. The number of allylic oxidation sites excluding steroid dienone is 1. The fraction of sp³-hybridized carbons (Fsp3) is 0.250.